The molecule has 0 bridgehead atoms. The fraction of sp³-hybridized carbons (Fsp3) is 0.0526. The van der Waals surface area contributed by atoms with Crippen LogP contribution in [0.5, 0.6) is 11.5 Å². The molecule has 0 atom stereocenters. The quantitative estimate of drug-likeness (QED) is 0.502. The number of carboxylic acids is 1. The molecule has 2 aromatic carbocycles. The van der Waals surface area contributed by atoms with Crippen molar-refractivity contribution in [1.82, 2.24) is 0 Å². The van der Waals surface area contributed by atoms with E-state index in [-0.39, 0.29) is 29.2 Å². The minimum absolute atomic E-state index is 0.0265. The fourth-order valence-electron chi connectivity index (χ4n) is 2.34. The van der Waals surface area contributed by atoms with E-state index in [1.54, 1.807) is 12.1 Å². The molecule has 0 radical (unpaired) electrons. The zero-order valence-electron chi connectivity index (χ0n) is 13.8. The summed E-state index contributed by atoms with van der Waals surface area (Å²) >= 11 is 3.33. The molecule has 0 aliphatic rings. The van der Waals surface area contributed by atoms with Crippen molar-refractivity contribution in [3.8, 4) is 11.5 Å². The third kappa shape index (κ3) is 4.48. The van der Waals surface area contributed by atoms with E-state index in [0.717, 1.165) is 10.5 Å². The zero-order valence-corrected chi connectivity index (χ0v) is 15.4. The van der Waals surface area contributed by atoms with Crippen molar-refractivity contribution in [3.63, 3.8) is 0 Å². The molecule has 3 N–H and O–H groups in total. The van der Waals surface area contributed by atoms with Gasteiger partial charge in [0.25, 0.3) is 5.91 Å². The molecule has 0 saturated carbocycles. The first-order chi connectivity index (χ1) is 12.9. The van der Waals surface area contributed by atoms with Crippen molar-refractivity contribution in [2.45, 2.75) is 6.61 Å². The van der Waals surface area contributed by atoms with Gasteiger partial charge in [-0.2, -0.15) is 0 Å². The second-order valence-corrected chi connectivity index (χ2v) is 6.40. The van der Waals surface area contributed by atoms with Gasteiger partial charge in [-0.3, -0.25) is 4.79 Å². The van der Waals surface area contributed by atoms with Gasteiger partial charge >= 0.3 is 5.97 Å². The summed E-state index contributed by atoms with van der Waals surface area (Å²) < 4.78 is 11.8. The number of benzene rings is 2. The maximum absolute atomic E-state index is 12.5. The minimum Gasteiger partial charge on any atom is -0.508 e. The van der Waals surface area contributed by atoms with Crippen LogP contribution < -0.4 is 10.1 Å². The Kier molecular flexibility index (Phi) is 5.46. The lowest BCUT2D eigenvalue weighted by molar-refractivity contribution is 0.0697. The number of carboxylic acid groups (broad SMARTS) is 1. The molecule has 1 aromatic heterocycles. The number of hydrogen-bond donors (Lipinski definition) is 3. The number of aromatic carboxylic acids is 1. The summed E-state index contributed by atoms with van der Waals surface area (Å²) in [5, 5.41) is 21.2. The molecule has 0 aliphatic heterocycles. The number of phenolic OH excluding ortho intramolecular Hbond substituents is 1. The van der Waals surface area contributed by atoms with Gasteiger partial charge in [0.1, 0.15) is 18.1 Å². The van der Waals surface area contributed by atoms with Gasteiger partial charge in [0.15, 0.2) is 5.76 Å². The number of phenols is 1. The van der Waals surface area contributed by atoms with E-state index in [9.17, 15) is 19.8 Å². The Morgan fingerprint density at radius 1 is 1.07 bits per heavy atom. The van der Waals surface area contributed by atoms with Crippen molar-refractivity contribution in [1.29, 1.82) is 0 Å². The van der Waals surface area contributed by atoms with E-state index >= 15 is 0 Å². The van der Waals surface area contributed by atoms with Crippen LogP contribution in [0.1, 0.15) is 26.5 Å². The SMILES string of the molecule is O=C(O)c1cc(O)ccc1NC(=O)c1ccoc1COc1ccc(Br)cc1. The highest BCUT2D eigenvalue weighted by Gasteiger charge is 2.19. The second kappa shape index (κ2) is 7.96. The smallest absolute Gasteiger partial charge is 0.337 e. The number of aromatic hydroxyl groups is 1. The molecular weight excluding hydrogens is 418 g/mol. The summed E-state index contributed by atoms with van der Waals surface area (Å²) in [5.41, 5.74) is 0.0577. The number of amides is 1. The summed E-state index contributed by atoms with van der Waals surface area (Å²) in [5.74, 6) is -1.13. The standard InChI is InChI=1S/C19H14BrNO6/c20-11-1-4-13(5-2-11)27-10-17-14(7-8-26-17)18(23)21-16-6-3-12(22)9-15(16)19(24)25/h1-9,22H,10H2,(H,21,23)(H,24,25). The van der Waals surface area contributed by atoms with Crippen molar-refractivity contribution in [2.75, 3.05) is 5.32 Å². The molecule has 138 valence electrons. The van der Waals surface area contributed by atoms with Crippen molar-refractivity contribution in [3.05, 3.63) is 76.2 Å². The Bertz CT molecular complexity index is 980. The normalized spacial score (nSPS) is 10.4. The van der Waals surface area contributed by atoms with Gasteiger partial charge in [-0.05, 0) is 48.5 Å². The molecule has 0 fully saturated rings. The first-order valence-electron chi connectivity index (χ1n) is 7.76. The maximum atomic E-state index is 12.5. The van der Waals surface area contributed by atoms with E-state index in [0.29, 0.717) is 11.5 Å². The predicted molar refractivity (Wildman–Crippen MR) is 100 cm³/mol. The number of hydrogen-bond acceptors (Lipinski definition) is 5. The van der Waals surface area contributed by atoms with Gasteiger partial charge in [-0.25, -0.2) is 4.79 Å². The average Bonchev–Trinajstić information content (AvgIpc) is 3.11. The van der Waals surface area contributed by atoms with Crippen LogP contribution in [-0.2, 0) is 6.61 Å². The summed E-state index contributed by atoms with van der Waals surface area (Å²) in [7, 11) is 0. The van der Waals surface area contributed by atoms with E-state index in [1.165, 1.54) is 24.5 Å². The topological polar surface area (TPSA) is 109 Å². The molecule has 8 heteroatoms. The number of furan rings is 1. The van der Waals surface area contributed by atoms with Crippen molar-refractivity contribution < 1.29 is 29.0 Å². The Hall–Kier alpha value is -3.26. The number of carbonyl (C=O) groups excluding carboxylic acids is 1. The van der Waals surface area contributed by atoms with Gasteiger partial charge < -0.3 is 24.7 Å². The number of nitrogens with one attached hydrogen (secondary N) is 1. The molecule has 3 aromatic rings. The monoisotopic (exact) mass is 431 g/mol. The Balaban J connectivity index is 1.74. The number of rotatable bonds is 6. The molecule has 7 nitrogen and oxygen atoms in total. The van der Waals surface area contributed by atoms with Crippen LogP contribution in [-0.4, -0.2) is 22.1 Å². The van der Waals surface area contributed by atoms with Gasteiger partial charge in [0.2, 0.25) is 0 Å². The molecule has 3 rings (SSSR count). The number of ether oxygens (including phenoxy) is 1. The van der Waals surface area contributed by atoms with Crippen molar-refractivity contribution in [2.24, 2.45) is 0 Å². The molecule has 1 amide bonds. The van der Waals surface area contributed by atoms with Crippen LogP contribution in [0.2, 0.25) is 0 Å². The molecular formula is C19H14BrNO6. The Morgan fingerprint density at radius 2 is 1.81 bits per heavy atom. The summed E-state index contributed by atoms with van der Waals surface area (Å²) in [6, 6.07) is 12.3. The largest absolute Gasteiger partial charge is 0.508 e. The number of carbonyl (C=O) groups is 2. The van der Waals surface area contributed by atoms with Crippen LogP contribution in [0.4, 0.5) is 5.69 Å². The first kappa shape index (κ1) is 18.5. The average molecular weight is 432 g/mol. The van der Waals surface area contributed by atoms with E-state index in [4.69, 9.17) is 9.15 Å². The summed E-state index contributed by atoms with van der Waals surface area (Å²) in [4.78, 5) is 23.8. The Labute approximate surface area is 162 Å². The van der Waals surface area contributed by atoms with Gasteiger partial charge in [-0.15, -0.1) is 0 Å². The van der Waals surface area contributed by atoms with Crippen LogP contribution in [0, 0.1) is 0 Å². The highest BCUT2D eigenvalue weighted by atomic mass is 79.9. The molecule has 0 aliphatic carbocycles. The van der Waals surface area contributed by atoms with Crippen LogP contribution in [0.15, 0.2) is 63.7 Å². The number of halogens is 1. The molecule has 1 heterocycles. The third-order valence-electron chi connectivity index (χ3n) is 3.66. The van der Waals surface area contributed by atoms with E-state index in [1.807, 2.05) is 12.1 Å². The molecule has 0 saturated heterocycles. The lowest BCUT2D eigenvalue weighted by atomic mass is 10.1. The molecule has 27 heavy (non-hydrogen) atoms. The highest BCUT2D eigenvalue weighted by molar-refractivity contribution is 9.10. The highest BCUT2D eigenvalue weighted by Crippen LogP contribution is 2.23. The van der Waals surface area contributed by atoms with E-state index < -0.39 is 11.9 Å². The third-order valence-corrected chi connectivity index (χ3v) is 4.18. The van der Waals surface area contributed by atoms with Crippen LogP contribution in [0.3, 0.4) is 0 Å². The first-order valence-corrected chi connectivity index (χ1v) is 8.56. The van der Waals surface area contributed by atoms with E-state index in [2.05, 4.69) is 21.2 Å². The van der Waals surface area contributed by atoms with Crippen LogP contribution in [0.25, 0.3) is 0 Å². The van der Waals surface area contributed by atoms with Crippen LogP contribution >= 0.6 is 15.9 Å². The van der Waals surface area contributed by atoms with Gasteiger partial charge in [0, 0.05) is 4.47 Å². The Morgan fingerprint density at radius 3 is 2.52 bits per heavy atom. The fourth-order valence-corrected chi connectivity index (χ4v) is 2.61. The maximum Gasteiger partial charge on any atom is 0.337 e. The van der Waals surface area contributed by atoms with Crippen molar-refractivity contribution >= 4 is 33.5 Å². The summed E-state index contributed by atoms with van der Waals surface area (Å²) in [6.45, 7) is 0.0265. The number of anilines is 1. The van der Waals surface area contributed by atoms with Gasteiger partial charge in [0.05, 0.1) is 23.1 Å². The summed E-state index contributed by atoms with van der Waals surface area (Å²) in [6.07, 6.45) is 1.35. The lowest BCUT2D eigenvalue weighted by Gasteiger charge is -2.10. The lowest BCUT2D eigenvalue weighted by Crippen LogP contribution is -2.16. The zero-order chi connectivity index (χ0) is 19.4. The predicted octanol–water partition coefficient (Wildman–Crippen LogP) is 4.28. The van der Waals surface area contributed by atoms with Gasteiger partial charge in [-0.1, -0.05) is 15.9 Å². The molecule has 0 spiro atoms. The minimum atomic E-state index is -1.27. The molecule has 0 unspecified atom stereocenters. The second-order valence-electron chi connectivity index (χ2n) is 5.49.